The van der Waals surface area contributed by atoms with Gasteiger partial charge in [-0.15, -0.1) is 0 Å². The first-order valence-corrected chi connectivity index (χ1v) is 9.56. The molecule has 0 aliphatic carbocycles. The van der Waals surface area contributed by atoms with Crippen molar-refractivity contribution >= 4 is 52.3 Å². The van der Waals surface area contributed by atoms with Crippen LogP contribution in [0.25, 0.3) is 0 Å². The van der Waals surface area contributed by atoms with Gasteiger partial charge in [0.15, 0.2) is 5.11 Å². The van der Waals surface area contributed by atoms with Gasteiger partial charge in [0.05, 0.1) is 0 Å². The molecule has 0 aliphatic rings. The zero-order valence-corrected chi connectivity index (χ0v) is 17.5. The Hall–Kier alpha value is -2.97. The Morgan fingerprint density at radius 2 is 1.66 bits per heavy atom. The van der Waals surface area contributed by atoms with Crippen LogP contribution in [0.2, 0.25) is 5.02 Å². The fourth-order valence-electron chi connectivity index (χ4n) is 2.29. The van der Waals surface area contributed by atoms with Gasteiger partial charge in [0.2, 0.25) is 11.8 Å². The molecule has 0 atom stereocenters. The molecule has 7 nitrogen and oxygen atoms in total. The zero-order chi connectivity index (χ0) is 21.4. The molecular formula is C20H21ClN4O3S. The number of hydrogen-bond acceptors (Lipinski definition) is 4. The van der Waals surface area contributed by atoms with Gasteiger partial charge in [0.1, 0.15) is 0 Å². The summed E-state index contributed by atoms with van der Waals surface area (Å²) >= 11 is 10.8. The first kappa shape index (κ1) is 22.3. The number of halogens is 1. The molecule has 9 heteroatoms. The van der Waals surface area contributed by atoms with Crippen molar-refractivity contribution in [2.75, 3.05) is 5.32 Å². The first-order valence-electron chi connectivity index (χ1n) is 8.77. The topological polar surface area (TPSA) is 99.3 Å². The van der Waals surface area contributed by atoms with Crippen molar-refractivity contribution < 1.29 is 14.4 Å². The zero-order valence-electron chi connectivity index (χ0n) is 16.0. The second kappa shape index (κ2) is 10.5. The lowest BCUT2D eigenvalue weighted by atomic mass is 10.1. The van der Waals surface area contributed by atoms with E-state index < -0.39 is 11.8 Å². The van der Waals surface area contributed by atoms with Crippen molar-refractivity contribution in [1.29, 1.82) is 0 Å². The van der Waals surface area contributed by atoms with Gasteiger partial charge in [-0.05, 0) is 67.5 Å². The highest BCUT2D eigenvalue weighted by Crippen LogP contribution is 2.14. The van der Waals surface area contributed by atoms with Gasteiger partial charge in [0, 0.05) is 29.1 Å². The third-order valence-corrected chi connectivity index (χ3v) is 4.44. The Bertz CT molecular complexity index is 949. The molecule has 0 saturated heterocycles. The number of hydrogen-bond donors (Lipinski definition) is 4. The molecule has 2 aromatic rings. The number of benzene rings is 2. The minimum atomic E-state index is -0.466. The standard InChI is InChI=1S/C20H21ClN4O3S/c1-12-6-7-16(10-13(12)2)22-17(26)8-9-18(27)24-25-20(29)23-19(28)14-4-3-5-15(21)11-14/h3-7,10-11H,8-9H2,1-2H3,(H,22,26)(H,24,27)(H2,23,25,28,29). The molecule has 29 heavy (non-hydrogen) atoms. The quantitative estimate of drug-likeness (QED) is 0.430. The second-order valence-corrected chi connectivity index (χ2v) is 7.16. The summed E-state index contributed by atoms with van der Waals surface area (Å²) in [5.41, 5.74) is 7.97. The molecule has 0 radical (unpaired) electrons. The van der Waals surface area contributed by atoms with Crippen molar-refractivity contribution in [3.63, 3.8) is 0 Å². The van der Waals surface area contributed by atoms with Crippen LogP contribution in [-0.4, -0.2) is 22.8 Å². The van der Waals surface area contributed by atoms with Gasteiger partial charge in [-0.1, -0.05) is 23.7 Å². The minimum absolute atomic E-state index is 0.00206. The summed E-state index contributed by atoms with van der Waals surface area (Å²) < 4.78 is 0. The Balaban J connectivity index is 1.70. The molecule has 0 aliphatic heterocycles. The molecular weight excluding hydrogens is 412 g/mol. The molecule has 0 unspecified atom stereocenters. The van der Waals surface area contributed by atoms with E-state index in [0.29, 0.717) is 16.3 Å². The Morgan fingerprint density at radius 3 is 2.34 bits per heavy atom. The number of amides is 3. The van der Waals surface area contributed by atoms with Gasteiger partial charge in [-0.3, -0.25) is 30.6 Å². The molecule has 0 spiro atoms. The van der Waals surface area contributed by atoms with Crippen molar-refractivity contribution in [1.82, 2.24) is 16.2 Å². The summed E-state index contributed by atoms with van der Waals surface area (Å²) in [5.74, 6) is -1.19. The Labute approximate surface area is 179 Å². The number of aryl methyl sites for hydroxylation is 2. The maximum Gasteiger partial charge on any atom is 0.257 e. The van der Waals surface area contributed by atoms with Crippen molar-refractivity contribution in [3.8, 4) is 0 Å². The number of rotatable bonds is 5. The molecule has 0 saturated carbocycles. The van der Waals surface area contributed by atoms with E-state index in [1.165, 1.54) is 6.07 Å². The monoisotopic (exact) mass is 432 g/mol. The Kier molecular flexibility index (Phi) is 8.11. The molecule has 2 aromatic carbocycles. The van der Waals surface area contributed by atoms with Crippen LogP contribution in [0.5, 0.6) is 0 Å². The molecule has 0 heterocycles. The van der Waals surface area contributed by atoms with Gasteiger partial charge in [-0.2, -0.15) is 0 Å². The van der Waals surface area contributed by atoms with Gasteiger partial charge in [-0.25, -0.2) is 0 Å². The fourth-order valence-corrected chi connectivity index (χ4v) is 2.63. The lowest BCUT2D eigenvalue weighted by molar-refractivity contribution is -0.124. The first-order chi connectivity index (χ1) is 13.7. The number of thiocarbonyl (C=S) groups is 1. The van der Waals surface area contributed by atoms with E-state index in [1.54, 1.807) is 18.2 Å². The highest BCUT2D eigenvalue weighted by molar-refractivity contribution is 7.80. The summed E-state index contributed by atoms with van der Waals surface area (Å²) in [6.45, 7) is 3.94. The summed E-state index contributed by atoms with van der Waals surface area (Å²) in [4.78, 5) is 35.9. The highest BCUT2D eigenvalue weighted by atomic mass is 35.5. The van der Waals surface area contributed by atoms with Crippen molar-refractivity contribution in [3.05, 3.63) is 64.2 Å². The van der Waals surface area contributed by atoms with Crippen LogP contribution in [0.1, 0.15) is 34.3 Å². The number of anilines is 1. The van der Waals surface area contributed by atoms with E-state index in [9.17, 15) is 14.4 Å². The SMILES string of the molecule is Cc1ccc(NC(=O)CCC(=O)NNC(=S)NC(=O)c2cccc(Cl)c2)cc1C. The van der Waals surface area contributed by atoms with E-state index in [2.05, 4.69) is 21.5 Å². The third kappa shape index (κ3) is 7.52. The predicted molar refractivity (Wildman–Crippen MR) is 117 cm³/mol. The minimum Gasteiger partial charge on any atom is -0.326 e. The van der Waals surface area contributed by atoms with Crippen LogP contribution in [0, 0.1) is 13.8 Å². The summed E-state index contributed by atoms with van der Waals surface area (Å²) in [7, 11) is 0. The molecule has 3 amide bonds. The van der Waals surface area contributed by atoms with Crippen LogP contribution in [-0.2, 0) is 9.59 Å². The van der Waals surface area contributed by atoms with Gasteiger partial charge < -0.3 is 5.32 Å². The normalized spacial score (nSPS) is 10.0. The lowest BCUT2D eigenvalue weighted by Gasteiger charge is -2.11. The second-order valence-electron chi connectivity index (χ2n) is 6.31. The predicted octanol–water partition coefficient (Wildman–Crippen LogP) is 3.01. The van der Waals surface area contributed by atoms with E-state index in [1.807, 2.05) is 32.0 Å². The summed E-state index contributed by atoms with van der Waals surface area (Å²) in [6, 6.07) is 11.9. The number of nitrogens with one attached hydrogen (secondary N) is 4. The molecule has 0 fully saturated rings. The summed E-state index contributed by atoms with van der Waals surface area (Å²) in [5, 5.41) is 5.50. The van der Waals surface area contributed by atoms with Crippen LogP contribution >= 0.6 is 23.8 Å². The average molecular weight is 433 g/mol. The van der Waals surface area contributed by atoms with Crippen LogP contribution in [0.15, 0.2) is 42.5 Å². The smallest absolute Gasteiger partial charge is 0.257 e. The van der Waals surface area contributed by atoms with E-state index in [4.69, 9.17) is 23.8 Å². The average Bonchev–Trinajstić information content (AvgIpc) is 2.67. The van der Waals surface area contributed by atoms with E-state index in [0.717, 1.165) is 11.1 Å². The highest BCUT2D eigenvalue weighted by Gasteiger charge is 2.10. The maximum atomic E-state index is 12.0. The van der Waals surface area contributed by atoms with Gasteiger partial charge in [0.25, 0.3) is 5.91 Å². The van der Waals surface area contributed by atoms with E-state index in [-0.39, 0.29) is 23.9 Å². The molecule has 152 valence electrons. The number of carbonyl (C=O) groups is 3. The van der Waals surface area contributed by atoms with Crippen molar-refractivity contribution in [2.45, 2.75) is 26.7 Å². The third-order valence-electron chi connectivity index (χ3n) is 4.00. The maximum absolute atomic E-state index is 12.0. The largest absolute Gasteiger partial charge is 0.326 e. The lowest BCUT2D eigenvalue weighted by Crippen LogP contribution is -2.48. The molecule has 0 aromatic heterocycles. The number of carbonyl (C=O) groups excluding carboxylic acids is 3. The van der Waals surface area contributed by atoms with Crippen molar-refractivity contribution in [2.24, 2.45) is 0 Å². The Morgan fingerprint density at radius 1 is 0.931 bits per heavy atom. The molecule has 4 N–H and O–H groups in total. The van der Waals surface area contributed by atoms with Crippen LogP contribution in [0.3, 0.4) is 0 Å². The van der Waals surface area contributed by atoms with E-state index >= 15 is 0 Å². The molecule has 0 bridgehead atoms. The van der Waals surface area contributed by atoms with Crippen LogP contribution < -0.4 is 21.5 Å². The molecule has 2 rings (SSSR count). The van der Waals surface area contributed by atoms with Crippen LogP contribution in [0.4, 0.5) is 5.69 Å². The summed E-state index contributed by atoms with van der Waals surface area (Å²) in [6.07, 6.45) is -0.0450. The number of hydrazine groups is 1. The van der Waals surface area contributed by atoms with Gasteiger partial charge >= 0.3 is 0 Å². The fraction of sp³-hybridized carbons (Fsp3) is 0.200.